The van der Waals surface area contributed by atoms with Gasteiger partial charge in [0.25, 0.3) is 5.91 Å². The minimum absolute atomic E-state index is 0.142. The number of hydrogen-bond donors (Lipinski definition) is 3. The number of fused-ring (bicyclic) bond motifs is 7. The van der Waals surface area contributed by atoms with Crippen LogP contribution in [0.2, 0.25) is 0 Å². The lowest BCUT2D eigenvalue weighted by molar-refractivity contribution is -0.228. The van der Waals surface area contributed by atoms with Gasteiger partial charge in [-0.15, -0.1) is 0 Å². The number of likely N-dealkylation sites (N-methyl/N-ethyl adjacent to an activating group) is 1. The molecule has 71 heavy (non-hydrogen) atoms. The van der Waals surface area contributed by atoms with Gasteiger partial charge in [0.1, 0.15) is 11.2 Å². The molecule has 3 fully saturated rings. The van der Waals surface area contributed by atoms with Crippen molar-refractivity contribution in [1.82, 2.24) is 25.1 Å². The van der Waals surface area contributed by atoms with Gasteiger partial charge < -0.3 is 44.2 Å². The van der Waals surface area contributed by atoms with E-state index in [2.05, 4.69) is 56.3 Å². The summed E-state index contributed by atoms with van der Waals surface area (Å²) >= 11 is 0. The van der Waals surface area contributed by atoms with Crippen molar-refractivity contribution in [2.45, 2.75) is 99.5 Å². The zero-order valence-electron chi connectivity index (χ0n) is 41.7. The van der Waals surface area contributed by atoms with E-state index < -0.39 is 57.4 Å². The van der Waals surface area contributed by atoms with E-state index in [1.54, 1.807) is 19.5 Å². The van der Waals surface area contributed by atoms with Gasteiger partial charge in [0.05, 0.1) is 32.9 Å². The van der Waals surface area contributed by atoms with Gasteiger partial charge in [-0.2, -0.15) is 0 Å². The van der Waals surface area contributed by atoms with Gasteiger partial charge in [-0.1, -0.05) is 50.3 Å². The first kappa shape index (κ1) is 47.1. The van der Waals surface area contributed by atoms with Crippen LogP contribution in [-0.2, 0) is 45.8 Å². The molecule has 2 bridgehead atoms. The maximum Gasteiger partial charge on any atom is 0.344 e. The number of rotatable bonds is 9. The number of aliphatic hydroxyl groups is 1. The fraction of sp³-hybridized carbons (Fsp3) is 0.482. The van der Waals surface area contributed by atoms with Crippen LogP contribution >= 0.6 is 0 Å². The average Bonchev–Trinajstić information content (AvgIpc) is 4.05. The van der Waals surface area contributed by atoms with Crippen molar-refractivity contribution in [3.05, 3.63) is 113 Å². The summed E-state index contributed by atoms with van der Waals surface area (Å²) in [5.41, 5.74) is -1.06. The third-order valence-electron chi connectivity index (χ3n) is 17.9. The molecule has 15 nitrogen and oxygen atoms in total. The lowest BCUT2D eigenvalue weighted by Gasteiger charge is -2.63. The molecule has 7 heterocycles. The second kappa shape index (κ2) is 16.9. The standard InChI is InChI=1S/C56H64N6O9/c1-8-52(59-46(64)36-15-16-37-30-57-21-17-35(37)25-36)28-34-29-55(50(65)69-6,45-39(18-23-61(31-34)32-52)38-13-10-11-14-42(38)58-45)41-26-40-43(27-44(41)68-5)60(4)48-54(40)20-24-62-22-12-19-53(9-2,47(54)62)49(71-33(3)63)56(48,67)51(66)70-7/h10-17,19,21,25-27,30,34,47-49,58,67H,8-9,18,20,22-24,28-29,31-32H2,1-7H3,(H,59,64)/t34-,47+,48-,49-,52+,53-,54-,55+,56+/m1/s1. The molecular weight excluding hydrogens is 901 g/mol. The summed E-state index contributed by atoms with van der Waals surface area (Å²) in [5, 5.41) is 19.9. The molecule has 1 aliphatic carbocycles. The number of para-hydroxylation sites is 1. The summed E-state index contributed by atoms with van der Waals surface area (Å²) in [5.74, 6) is -1.82. The maximum atomic E-state index is 15.8. The van der Waals surface area contributed by atoms with Crippen molar-refractivity contribution < 1.29 is 43.2 Å². The zero-order valence-corrected chi connectivity index (χ0v) is 41.7. The Labute approximate surface area is 413 Å². The number of aromatic nitrogens is 2. The highest BCUT2D eigenvalue weighted by molar-refractivity contribution is 5.99. The summed E-state index contributed by atoms with van der Waals surface area (Å²) in [4.78, 5) is 72.8. The highest BCUT2D eigenvalue weighted by Crippen LogP contribution is 2.68. The third kappa shape index (κ3) is 6.53. The number of amides is 1. The molecule has 372 valence electrons. The Kier molecular flexibility index (Phi) is 11.2. The Bertz CT molecular complexity index is 3050. The quantitative estimate of drug-likeness (QED) is 0.0896. The molecule has 5 aliphatic heterocycles. The van der Waals surface area contributed by atoms with E-state index in [1.807, 2.05) is 67.4 Å². The zero-order chi connectivity index (χ0) is 49.8. The molecular formula is C56H64N6O9. The first-order chi connectivity index (χ1) is 34.2. The van der Waals surface area contributed by atoms with Gasteiger partial charge in [0.15, 0.2) is 6.10 Å². The lowest BCUT2D eigenvalue weighted by atomic mass is 9.47. The number of carbonyl (C=O) groups is 4. The number of nitrogens with zero attached hydrogens (tertiary/aromatic N) is 4. The van der Waals surface area contributed by atoms with Crippen LogP contribution in [0.4, 0.5) is 5.69 Å². The highest BCUT2D eigenvalue weighted by Gasteiger charge is 2.80. The Balaban J connectivity index is 1.12. The van der Waals surface area contributed by atoms with Crippen molar-refractivity contribution in [2.24, 2.45) is 11.3 Å². The first-order valence-electron chi connectivity index (χ1n) is 25.1. The topological polar surface area (TPSA) is 176 Å². The number of piperidine rings is 1. The average molecular weight is 965 g/mol. The monoisotopic (exact) mass is 964 g/mol. The van der Waals surface area contributed by atoms with Gasteiger partial charge in [-0.25, -0.2) is 4.79 Å². The summed E-state index contributed by atoms with van der Waals surface area (Å²) in [6.07, 6.45) is 9.48. The van der Waals surface area contributed by atoms with Crippen LogP contribution in [0.25, 0.3) is 21.7 Å². The number of carbonyl (C=O) groups excluding carboxylic acids is 4. The number of nitrogens with one attached hydrogen (secondary N) is 2. The smallest absolute Gasteiger partial charge is 0.344 e. The van der Waals surface area contributed by atoms with E-state index >= 15 is 4.79 Å². The molecule has 6 aliphatic rings. The van der Waals surface area contributed by atoms with E-state index in [1.165, 1.54) is 21.1 Å². The van der Waals surface area contributed by atoms with Crippen LogP contribution in [0.3, 0.4) is 0 Å². The van der Waals surface area contributed by atoms with Crippen molar-refractivity contribution in [1.29, 1.82) is 0 Å². The minimum atomic E-state index is -2.34. The second-order valence-electron chi connectivity index (χ2n) is 21.2. The maximum absolute atomic E-state index is 15.8. The van der Waals surface area contributed by atoms with E-state index in [0.717, 1.165) is 44.2 Å². The Morgan fingerprint density at radius 2 is 1.72 bits per heavy atom. The number of H-pyrrole nitrogens is 1. The summed E-state index contributed by atoms with van der Waals surface area (Å²) in [7, 11) is 6.17. The molecule has 2 saturated heterocycles. The predicted octanol–water partition coefficient (Wildman–Crippen LogP) is 5.98. The number of anilines is 1. The Morgan fingerprint density at radius 1 is 0.915 bits per heavy atom. The van der Waals surface area contributed by atoms with Gasteiger partial charge in [0.2, 0.25) is 5.60 Å². The number of aromatic amines is 1. The van der Waals surface area contributed by atoms with Gasteiger partial charge >= 0.3 is 17.9 Å². The molecule has 5 aromatic rings. The number of esters is 3. The summed E-state index contributed by atoms with van der Waals surface area (Å²) in [6.45, 7) is 8.70. The Hall–Kier alpha value is -6.29. The molecule has 1 amide bonds. The van der Waals surface area contributed by atoms with Crippen LogP contribution < -0.4 is 15.0 Å². The van der Waals surface area contributed by atoms with E-state index in [4.69, 9.17) is 18.9 Å². The largest absolute Gasteiger partial charge is 0.496 e. The summed E-state index contributed by atoms with van der Waals surface area (Å²) < 4.78 is 24.3. The van der Waals surface area contributed by atoms with E-state index in [-0.39, 0.29) is 17.9 Å². The van der Waals surface area contributed by atoms with Gasteiger partial charge in [0, 0.05) is 114 Å². The molecule has 15 heteroatoms. The van der Waals surface area contributed by atoms with Crippen molar-refractivity contribution in [2.75, 3.05) is 66.0 Å². The lowest BCUT2D eigenvalue weighted by Crippen LogP contribution is -2.81. The van der Waals surface area contributed by atoms with Gasteiger partial charge in [-0.05, 0) is 97.8 Å². The molecule has 11 rings (SSSR count). The minimum Gasteiger partial charge on any atom is -0.496 e. The predicted molar refractivity (Wildman–Crippen MR) is 267 cm³/mol. The summed E-state index contributed by atoms with van der Waals surface area (Å²) in [6, 6.07) is 18.5. The third-order valence-corrected chi connectivity index (χ3v) is 17.9. The van der Waals surface area contributed by atoms with Crippen molar-refractivity contribution in [3.8, 4) is 5.75 Å². The number of pyridine rings is 1. The van der Waals surface area contributed by atoms with Crippen LogP contribution in [-0.4, -0.2) is 139 Å². The fourth-order valence-electron chi connectivity index (χ4n) is 15.2. The molecule has 10 atom stereocenters. The highest BCUT2D eigenvalue weighted by atomic mass is 16.6. The van der Waals surface area contributed by atoms with E-state index in [0.29, 0.717) is 88.1 Å². The number of methoxy groups -OCH3 is 3. The molecule has 2 aromatic heterocycles. The molecule has 3 aromatic carbocycles. The van der Waals surface area contributed by atoms with Crippen LogP contribution in [0.15, 0.2) is 85.2 Å². The van der Waals surface area contributed by atoms with Crippen molar-refractivity contribution >= 4 is 51.2 Å². The molecule has 1 spiro atoms. The van der Waals surface area contributed by atoms with E-state index in [9.17, 15) is 19.5 Å². The number of benzene rings is 3. The SMILES string of the molecule is CC[C@]1(NC(=O)c2ccc3cnccc3c2)C[C@H]2CN(CCc3c([nH]c4ccccc34)[C@@](C(=O)OC)(c3cc4c(cc3OC)N(C)[C@H]3[C@@](O)(C(=O)OC)[C@H](OC(C)=O)[C@]5(CC)C=CCN6CC[C@]43[C@@H]65)C2)C1. The van der Waals surface area contributed by atoms with Crippen LogP contribution in [0.1, 0.15) is 85.6 Å². The normalized spacial score (nSPS) is 32.6. The van der Waals surface area contributed by atoms with Crippen LogP contribution in [0.5, 0.6) is 5.75 Å². The molecule has 3 N–H and O–H groups in total. The molecule has 1 saturated carbocycles. The molecule has 0 radical (unpaired) electrons. The number of ether oxygens (including phenoxy) is 4. The van der Waals surface area contributed by atoms with Gasteiger partial charge in [-0.3, -0.25) is 24.3 Å². The fourth-order valence-corrected chi connectivity index (χ4v) is 15.2. The molecule has 1 unspecified atom stereocenters. The van der Waals surface area contributed by atoms with Crippen LogP contribution in [0, 0.1) is 11.3 Å². The second-order valence-corrected chi connectivity index (χ2v) is 21.2. The van der Waals surface area contributed by atoms with Crippen molar-refractivity contribution in [3.63, 3.8) is 0 Å². The number of hydrogen-bond acceptors (Lipinski definition) is 13. The first-order valence-corrected chi connectivity index (χ1v) is 25.1. The Morgan fingerprint density at radius 3 is 2.46 bits per heavy atom.